The summed E-state index contributed by atoms with van der Waals surface area (Å²) in [6, 6.07) is 0. The van der Waals surface area contributed by atoms with Crippen LogP contribution in [0.3, 0.4) is 0 Å². The van der Waals surface area contributed by atoms with Crippen LogP contribution in [0.5, 0.6) is 0 Å². The topological polar surface area (TPSA) is 54.4 Å². The van der Waals surface area contributed by atoms with Gasteiger partial charge in [-0.05, 0) is 0 Å². The first kappa shape index (κ1) is 12.2. The summed E-state index contributed by atoms with van der Waals surface area (Å²) >= 11 is 0. The third-order valence-corrected chi connectivity index (χ3v) is 1.27. The van der Waals surface area contributed by atoms with E-state index in [1.54, 1.807) is 0 Å². The van der Waals surface area contributed by atoms with E-state index in [2.05, 4.69) is 0 Å². The summed E-state index contributed by atoms with van der Waals surface area (Å²) in [7, 11) is -3.81. The summed E-state index contributed by atoms with van der Waals surface area (Å²) < 4.78 is 27.8. The van der Waals surface area contributed by atoms with Crippen LogP contribution < -0.4 is 18.9 Å². The summed E-state index contributed by atoms with van der Waals surface area (Å²) in [6.07, 6.45) is 1.15. The van der Waals surface area contributed by atoms with E-state index < -0.39 is 10.1 Å². The van der Waals surface area contributed by atoms with Crippen LogP contribution in [-0.2, 0) is 10.1 Å². The van der Waals surface area contributed by atoms with Crippen LogP contribution in [0.1, 0.15) is 19.8 Å². The van der Waals surface area contributed by atoms with Gasteiger partial charge in [0.1, 0.15) is 10.1 Å². The Balaban J connectivity index is 0. The summed E-state index contributed by atoms with van der Waals surface area (Å²) in [4.78, 5) is 0. The normalized spacial score (nSPS) is 10.4. The standard InChI is InChI=1S/C4H9O3S.Li/c1-2-3-4-8(5,6)7;/h4H,2-3H2,1H3,(H,5,6,7);/q-1;+1. The summed E-state index contributed by atoms with van der Waals surface area (Å²) in [5, 5.41) is 0. The largest absolute Gasteiger partial charge is 1.00 e. The molecule has 1 N–H and O–H groups in total. The Bertz CT molecular complexity index is 140. The minimum Gasteiger partial charge on any atom is -0.309 e. The zero-order valence-corrected chi connectivity index (χ0v) is 6.48. The molecule has 0 spiro atoms. The monoisotopic (exact) mass is 144 g/mol. The third kappa shape index (κ3) is 11.9. The van der Waals surface area contributed by atoms with Gasteiger partial charge >= 0.3 is 18.9 Å². The molecule has 50 valence electrons. The molecule has 0 bridgehead atoms. The average Bonchev–Trinajstić information content (AvgIpc) is 1.59. The van der Waals surface area contributed by atoms with Crippen LogP contribution in [0.4, 0.5) is 0 Å². The van der Waals surface area contributed by atoms with Crippen LogP contribution in [0, 0.1) is 5.75 Å². The van der Waals surface area contributed by atoms with Crippen LogP contribution in [0.2, 0.25) is 0 Å². The molecule has 0 aromatic rings. The van der Waals surface area contributed by atoms with Gasteiger partial charge in [-0.15, -0.1) is 0 Å². The molecule has 5 heteroatoms. The van der Waals surface area contributed by atoms with Crippen LogP contribution >= 0.6 is 0 Å². The van der Waals surface area contributed by atoms with Gasteiger partial charge in [0.25, 0.3) is 0 Å². The van der Waals surface area contributed by atoms with Crippen molar-refractivity contribution in [3.63, 3.8) is 0 Å². The van der Waals surface area contributed by atoms with Crippen molar-refractivity contribution in [1.29, 1.82) is 0 Å². The van der Waals surface area contributed by atoms with Crippen molar-refractivity contribution in [3.05, 3.63) is 5.75 Å². The number of hydrogen-bond acceptors (Lipinski definition) is 2. The first-order chi connectivity index (χ1) is 3.56. The number of rotatable bonds is 3. The molecule has 0 aliphatic rings. The van der Waals surface area contributed by atoms with Gasteiger partial charge in [-0.3, -0.25) is 0 Å². The Morgan fingerprint density at radius 3 is 2.11 bits per heavy atom. The van der Waals surface area contributed by atoms with Crippen molar-refractivity contribution in [2.75, 3.05) is 0 Å². The van der Waals surface area contributed by atoms with E-state index in [9.17, 15) is 8.42 Å². The molecule has 0 aromatic heterocycles. The zero-order valence-electron chi connectivity index (χ0n) is 5.66. The first-order valence-corrected chi connectivity index (χ1v) is 3.87. The van der Waals surface area contributed by atoms with Gasteiger partial charge < -0.3 is 4.55 Å². The Morgan fingerprint density at radius 1 is 1.56 bits per heavy atom. The van der Waals surface area contributed by atoms with Crippen LogP contribution in [0.25, 0.3) is 0 Å². The van der Waals surface area contributed by atoms with E-state index in [1.807, 2.05) is 6.92 Å². The van der Waals surface area contributed by atoms with E-state index in [0.717, 1.165) is 12.2 Å². The van der Waals surface area contributed by atoms with E-state index in [4.69, 9.17) is 4.55 Å². The maximum absolute atomic E-state index is 9.89. The maximum atomic E-state index is 9.89. The fraction of sp³-hybridized carbons (Fsp3) is 0.750. The van der Waals surface area contributed by atoms with Crippen LogP contribution in [-0.4, -0.2) is 13.0 Å². The minimum atomic E-state index is -3.81. The second-order valence-corrected chi connectivity index (χ2v) is 2.83. The Labute approximate surface area is 67.8 Å². The van der Waals surface area contributed by atoms with Gasteiger partial charge in [0.2, 0.25) is 0 Å². The molecular weight excluding hydrogens is 135 g/mol. The molecule has 0 fully saturated rings. The predicted molar refractivity (Wildman–Crippen MR) is 30.8 cm³/mol. The molecule has 0 rings (SSSR count). The number of hydrogen-bond donors (Lipinski definition) is 1. The molecule has 0 aliphatic heterocycles. The Morgan fingerprint density at radius 2 is 2.00 bits per heavy atom. The Kier molecular flexibility index (Phi) is 7.20. The molecule has 0 amide bonds. The first-order valence-electron chi connectivity index (χ1n) is 2.37. The Hall–Kier alpha value is 0.507. The predicted octanol–water partition coefficient (Wildman–Crippen LogP) is -2.16. The molecule has 0 aliphatic carbocycles. The molecule has 0 aromatic carbocycles. The minimum absolute atomic E-state index is 0. The van der Waals surface area contributed by atoms with E-state index in [-0.39, 0.29) is 18.9 Å². The van der Waals surface area contributed by atoms with Gasteiger partial charge in [0.15, 0.2) is 0 Å². The van der Waals surface area contributed by atoms with E-state index in [1.165, 1.54) is 0 Å². The maximum Gasteiger partial charge on any atom is 1.00 e. The summed E-state index contributed by atoms with van der Waals surface area (Å²) in [5.74, 6) is 0.896. The van der Waals surface area contributed by atoms with Gasteiger partial charge in [0, 0.05) is 0 Å². The summed E-state index contributed by atoms with van der Waals surface area (Å²) in [5.41, 5.74) is 0. The van der Waals surface area contributed by atoms with Gasteiger partial charge in [-0.2, -0.15) is 12.2 Å². The van der Waals surface area contributed by atoms with Crippen molar-refractivity contribution in [3.8, 4) is 0 Å². The molecular formula is C4H9LiO3S. The van der Waals surface area contributed by atoms with E-state index >= 15 is 0 Å². The molecule has 0 unspecified atom stereocenters. The smallest absolute Gasteiger partial charge is 0.309 e. The van der Waals surface area contributed by atoms with Crippen molar-refractivity contribution in [2.45, 2.75) is 19.8 Å². The van der Waals surface area contributed by atoms with Crippen molar-refractivity contribution < 1.29 is 31.8 Å². The second kappa shape index (κ2) is 5.30. The summed E-state index contributed by atoms with van der Waals surface area (Å²) in [6.45, 7) is 1.84. The van der Waals surface area contributed by atoms with Crippen molar-refractivity contribution >= 4 is 10.1 Å². The average molecular weight is 144 g/mol. The molecule has 0 heterocycles. The zero-order chi connectivity index (χ0) is 6.62. The number of unbranched alkanes of at least 4 members (excludes halogenated alkanes) is 1. The van der Waals surface area contributed by atoms with Crippen molar-refractivity contribution in [2.24, 2.45) is 0 Å². The molecule has 0 saturated heterocycles. The van der Waals surface area contributed by atoms with Crippen LogP contribution in [0.15, 0.2) is 0 Å². The molecule has 0 radical (unpaired) electrons. The van der Waals surface area contributed by atoms with Crippen molar-refractivity contribution in [1.82, 2.24) is 0 Å². The quantitative estimate of drug-likeness (QED) is 0.279. The third-order valence-electron chi connectivity index (χ3n) is 0.617. The fourth-order valence-electron chi connectivity index (χ4n) is 0.267. The molecule has 0 atom stereocenters. The molecule has 3 nitrogen and oxygen atoms in total. The van der Waals surface area contributed by atoms with Gasteiger partial charge in [-0.1, -0.05) is 13.3 Å². The van der Waals surface area contributed by atoms with E-state index in [0.29, 0.717) is 6.42 Å². The fourth-order valence-corrected chi connectivity index (χ4v) is 0.800. The molecule has 0 saturated carbocycles. The van der Waals surface area contributed by atoms with Gasteiger partial charge in [-0.25, -0.2) is 8.42 Å². The van der Waals surface area contributed by atoms with Gasteiger partial charge in [0.05, 0.1) is 0 Å². The SMILES string of the molecule is CCC[CH-]S(=O)(=O)O.[Li+]. The molecule has 9 heavy (non-hydrogen) atoms. The second-order valence-electron chi connectivity index (χ2n) is 1.47.